The molecule has 1 aromatic carbocycles. The van der Waals surface area contributed by atoms with Gasteiger partial charge in [0.05, 0.1) is 33.0 Å². The van der Waals surface area contributed by atoms with Gasteiger partial charge in [0.2, 0.25) is 0 Å². The Bertz CT molecular complexity index is 321. The van der Waals surface area contributed by atoms with E-state index in [2.05, 4.69) is 0 Å². The predicted octanol–water partition coefficient (Wildman–Crippen LogP) is 2.17. The van der Waals surface area contributed by atoms with Crippen LogP contribution in [0.3, 0.4) is 0 Å². The van der Waals surface area contributed by atoms with Crippen molar-refractivity contribution >= 4 is 0 Å². The largest absolute Gasteiger partial charge is 0.497 e. The van der Waals surface area contributed by atoms with Crippen LogP contribution in [0.25, 0.3) is 0 Å². The summed E-state index contributed by atoms with van der Waals surface area (Å²) in [4.78, 5) is 0. The van der Waals surface area contributed by atoms with Crippen molar-refractivity contribution in [2.45, 2.75) is 26.1 Å². The van der Waals surface area contributed by atoms with Crippen LogP contribution in [0.5, 0.6) is 5.75 Å². The molecule has 0 aliphatic heterocycles. The normalized spacial score (nSPS) is 12.7. The molecule has 4 nitrogen and oxygen atoms in total. The molecule has 1 unspecified atom stereocenters. The third-order valence-corrected chi connectivity index (χ3v) is 2.46. The summed E-state index contributed by atoms with van der Waals surface area (Å²) in [7, 11) is 1.61. The van der Waals surface area contributed by atoms with Crippen LogP contribution in [0.2, 0.25) is 0 Å². The summed E-state index contributed by atoms with van der Waals surface area (Å²) in [6.45, 7) is 5.27. The maximum Gasteiger partial charge on any atom is 0.118 e. The predicted molar refractivity (Wildman–Crippen MR) is 69.9 cm³/mol. The number of methoxy groups -OCH3 is 1. The Kier molecular flexibility index (Phi) is 6.72. The molecule has 0 saturated carbocycles. The van der Waals surface area contributed by atoms with Crippen LogP contribution in [0.1, 0.15) is 25.5 Å². The van der Waals surface area contributed by atoms with Crippen molar-refractivity contribution < 1.29 is 19.3 Å². The second-order valence-electron chi connectivity index (χ2n) is 4.28. The monoisotopic (exact) mass is 254 g/mol. The van der Waals surface area contributed by atoms with Gasteiger partial charge in [0.15, 0.2) is 0 Å². The second-order valence-corrected chi connectivity index (χ2v) is 4.28. The molecule has 1 N–H and O–H groups in total. The van der Waals surface area contributed by atoms with Crippen LogP contribution < -0.4 is 4.74 Å². The lowest BCUT2D eigenvalue weighted by Gasteiger charge is -2.13. The van der Waals surface area contributed by atoms with Gasteiger partial charge in [-0.15, -0.1) is 0 Å². The standard InChI is InChI=1S/C14H22O4/c1-11(2)18-9-8-17-10-14(15)12-4-6-13(16-3)7-5-12/h4-7,11,14-15H,8-10H2,1-3H3. The first-order valence-electron chi connectivity index (χ1n) is 6.15. The molecule has 0 amide bonds. The highest BCUT2D eigenvalue weighted by Crippen LogP contribution is 2.17. The van der Waals surface area contributed by atoms with Gasteiger partial charge in [-0.25, -0.2) is 0 Å². The number of benzene rings is 1. The second kappa shape index (κ2) is 8.08. The summed E-state index contributed by atoms with van der Waals surface area (Å²) in [6.07, 6.45) is -0.407. The zero-order valence-corrected chi connectivity index (χ0v) is 11.3. The lowest BCUT2D eigenvalue weighted by molar-refractivity contribution is -0.0110. The van der Waals surface area contributed by atoms with Crippen LogP contribution in [0.15, 0.2) is 24.3 Å². The zero-order valence-electron chi connectivity index (χ0n) is 11.3. The fourth-order valence-electron chi connectivity index (χ4n) is 1.46. The lowest BCUT2D eigenvalue weighted by atomic mass is 10.1. The molecule has 18 heavy (non-hydrogen) atoms. The number of ether oxygens (including phenoxy) is 3. The molecule has 1 aromatic rings. The molecule has 0 aliphatic carbocycles. The first-order chi connectivity index (χ1) is 8.63. The van der Waals surface area contributed by atoms with E-state index in [1.165, 1.54) is 0 Å². The maximum atomic E-state index is 9.89. The highest BCUT2D eigenvalue weighted by atomic mass is 16.5. The van der Waals surface area contributed by atoms with E-state index in [0.29, 0.717) is 13.2 Å². The van der Waals surface area contributed by atoms with Crippen molar-refractivity contribution in [2.75, 3.05) is 26.9 Å². The summed E-state index contributed by atoms with van der Waals surface area (Å²) in [5, 5.41) is 9.89. The minimum Gasteiger partial charge on any atom is -0.497 e. The quantitative estimate of drug-likeness (QED) is 0.722. The molecular weight excluding hydrogens is 232 g/mol. The van der Waals surface area contributed by atoms with Crippen LogP contribution in [-0.4, -0.2) is 38.1 Å². The van der Waals surface area contributed by atoms with E-state index < -0.39 is 6.10 Å². The molecule has 1 rings (SSSR count). The van der Waals surface area contributed by atoms with Crippen molar-refractivity contribution in [3.05, 3.63) is 29.8 Å². The summed E-state index contributed by atoms with van der Waals surface area (Å²) >= 11 is 0. The van der Waals surface area contributed by atoms with Crippen molar-refractivity contribution in [3.8, 4) is 5.75 Å². The molecule has 0 heterocycles. The average molecular weight is 254 g/mol. The van der Waals surface area contributed by atoms with Gasteiger partial charge in [-0.2, -0.15) is 0 Å². The Labute approximate surface area is 108 Å². The number of aliphatic hydroxyl groups excluding tert-OH is 1. The van der Waals surface area contributed by atoms with Crippen LogP contribution >= 0.6 is 0 Å². The summed E-state index contributed by atoms with van der Waals surface area (Å²) in [5.74, 6) is 0.775. The van der Waals surface area contributed by atoms with E-state index >= 15 is 0 Å². The highest BCUT2D eigenvalue weighted by Gasteiger charge is 2.07. The van der Waals surface area contributed by atoms with Crippen molar-refractivity contribution in [2.24, 2.45) is 0 Å². The minimum atomic E-state index is -0.616. The third-order valence-electron chi connectivity index (χ3n) is 2.46. The van der Waals surface area contributed by atoms with E-state index in [9.17, 15) is 5.11 Å². The van der Waals surface area contributed by atoms with Crippen LogP contribution in [-0.2, 0) is 9.47 Å². The van der Waals surface area contributed by atoms with Gasteiger partial charge in [0.1, 0.15) is 11.9 Å². The van der Waals surface area contributed by atoms with Gasteiger partial charge in [0.25, 0.3) is 0 Å². The van der Waals surface area contributed by atoms with Gasteiger partial charge in [-0.3, -0.25) is 0 Å². The van der Waals surface area contributed by atoms with Gasteiger partial charge >= 0.3 is 0 Å². The molecule has 0 spiro atoms. The first kappa shape index (κ1) is 15.0. The SMILES string of the molecule is COc1ccc(C(O)COCCOC(C)C)cc1. The number of rotatable bonds is 8. The fourth-order valence-corrected chi connectivity index (χ4v) is 1.46. The number of hydrogen-bond donors (Lipinski definition) is 1. The average Bonchev–Trinajstić information content (AvgIpc) is 2.38. The molecule has 1 atom stereocenters. The Hall–Kier alpha value is -1.10. The summed E-state index contributed by atoms with van der Waals surface area (Å²) in [5.41, 5.74) is 0.820. The van der Waals surface area contributed by atoms with E-state index in [-0.39, 0.29) is 12.7 Å². The first-order valence-corrected chi connectivity index (χ1v) is 6.15. The van der Waals surface area contributed by atoms with E-state index in [4.69, 9.17) is 14.2 Å². The van der Waals surface area contributed by atoms with E-state index in [1.54, 1.807) is 7.11 Å². The number of hydrogen-bond acceptors (Lipinski definition) is 4. The molecule has 0 aliphatic rings. The Morgan fingerprint density at radius 2 is 1.78 bits per heavy atom. The molecule has 102 valence electrons. The smallest absolute Gasteiger partial charge is 0.118 e. The van der Waals surface area contributed by atoms with Crippen molar-refractivity contribution in [1.29, 1.82) is 0 Å². The van der Waals surface area contributed by atoms with Gasteiger partial charge in [-0.05, 0) is 31.5 Å². The van der Waals surface area contributed by atoms with Crippen LogP contribution in [0.4, 0.5) is 0 Å². The molecule has 0 fully saturated rings. The summed E-state index contributed by atoms with van der Waals surface area (Å²) < 4.78 is 15.7. The Morgan fingerprint density at radius 3 is 2.33 bits per heavy atom. The molecule has 0 bridgehead atoms. The Morgan fingerprint density at radius 1 is 1.11 bits per heavy atom. The van der Waals surface area contributed by atoms with Gasteiger partial charge < -0.3 is 19.3 Å². The van der Waals surface area contributed by atoms with Crippen LogP contribution in [0, 0.1) is 0 Å². The zero-order chi connectivity index (χ0) is 13.4. The molecular formula is C14H22O4. The fraction of sp³-hybridized carbons (Fsp3) is 0.571. The lowest BCUT2D eigenvalue weighted by Crippen LogP contribution is -2.13. The molecule has 0 aromatic heterocycles. The molecule has 0 radical (unpaired) electrons. The molecule has 0 saturated heterocycles. The minimum absolute atomic E-state index is 0.208. The maximum absolute atomic E-state index is 9.89. The van der Waals surface area contributed by atoms with Crippen molar-refractivity contribution in [1.82, 2.24) is 0 Å². The molecule has 4 heteroatoms. The van der Waals surface area contributed by atoms with Gasteiger partial charge in [-0.1, -0.05) is 12.1 Å². The highest BCUT2D eigenvalue weighted by molar-refractivity contribution is 5.28. The van der Waals surface area contributed by atoms with E-state index in [0.717, 1.165) is 11.3 Å². The topological polar surface area (TPSA) is 47.9 Å². The van der Waals surface area contributed by atoms with Crippen molar-refractivity contribution in [3.63, 3.8) is 0 Å². The summed E-state index contributed by atoms with van der Waals surface area (Å²) in [6, 6.07) is 7.30. The van der Waals surface area contributed by atoms with E-state index in [1.807, 2.05) is 38.1 Å². The van der Waals surface area contributed by atoms with Gasteiger partial charge in [0, 0.05) is 0 Å². The number of aliphatic hydroxyl groups is 1. The third kappa shape index (κ3) is 5.49. The Balaban J connectivity index is 2.25.